The van der Waals surface area contributed by atoms with Crippen LogP contribution in [0.1, 0.15) is 67.8 Å². The maximum absolute atomic E-state index is 13.8. The van der Waals surface area contributed by atoms with Crippen LogP contribution in [0.5, 0.6) is 0 Å². The van der Waals surface area contributed by atoms with E-state index in [0.717, 1.165) is 50.9 Å². The lowest BCUT2D eigenvalue weighted by Gasteiger charge is -2.23. The molecule has 1 aliphatic rings. The fourth-order valence-electron chi connectivity index (χ4n) is 4.50. The number of pyridine rings is 1. The Morgan fingerprint density at radius 3 is 2.73 bits per heavy atom. The average Bonchev–Trinajstić information content (AvgIpc) is 2.96. The molecular formula is C23H31N7O3. The Balaban J connectivity index is 1.86. The van der Waals surface area contributed by atoms with Crippen LogP contribution in [-0.4, -0.2) is 36.5 Å². The van der Waals surface area contributed by atoms with Crippen molar-refractivity contribution in [1.29, 1.82) is 0 Å². The first-order valence-corrected chi connectivity index (χ1v) is 11.7. The summed E-state index contributed by atoms with van der Waals surface area (Å²) in [6.07, 6.45) is 5.66. The SMILES string of the molecule is CCCCn1c(N)c(N(CC)C(=O)c2cc(C)nc3c2nc2n3CCCCC2)c(=O)[nH]c1=O. The summed E-state index contributed by atoms with van der Waals surface area (Å²) >= 11 is 0. The van der Waals surface area contributed by atoms with E-state index in [4.69, 9.17) is 10.7 Å². The molecule has 10 nitrogen and oxygen atoms in total. The zero-order chi connectivity index (χ0) is 23.7. The van der Waals surface area contributed by atoms with E-state index in [1.807, 2.05) is 13.8 Å². The van der Waals surface area contributed by atoms with E-state index in [-0.39, 0.29) is 24.0 Å². The van der Waals surface area contributed by atoms with Crippen molar-refractivity contribution < 1.29 is 4.79 Å². The third-order valence-electron chi connectivity index (χ3n) is 6.20. The average molecular weight is 454 g/mol. The van der Waals surface area contributed by atoms with Crippen molar-refractivity contribution in [2.45, 2.75) is 72.4 Å². The number of rotatable bonds is 6. The van der Waals surface area contributed by atoms with Crippen LogP contribution in [0.15, 0.2) is 15.7 Å². The molecule has 0 fully saturated rings. The highest BCUT2D eigenvalue weighted by molar-refractivity contribution is 6.13. The Hall–Kier alpha value is -3.43. The Morgan fingerprint density at radius 2 is 2.00 bits per heavy atom. The van der Waals surface area contributed by atoms with Gasteiger partial charge in [0, 0.05) is 31.7 Å². The van der Waals surface area contributed by atoms with Crippen LogP contribution >= 0.6 is 0 Å². The summed E-state index contributed by atoms with van der Waals surface area (Å²) in [6, 6.07) is 1.71. The van der Waals surface area contributed by atoms with Gasteiger partial charge in [-0.1, -0.05) is 19.8 Å². The fraction of sp³-hybridized carbons (Fsp3) is 0.522. The van der Waals surface area contributed by atoms with Crippen molar-refractivity contribution in [3.8, 4) is 0 Å². The molecule has 0 atom stereocenters. The third-order valence-corrected chi connectivity index (χ3v) is 6.20. The maximum Gasteiger partial charge on any atom is 0.330 e. The number of aromatic nitrogens is 5. The van der Waals surface area contributed by atoms with Gasteiger partial charge in [0.1, 0.15) is 17.2 Å². The Labute approximate surface area is 191 Å². The highest BCUT2D eigenvalue weighted by Gasteiger charge is 2.28. The summed E-state index contributed by atoms with van der Waals surface area (Å²) in [6.45, 7) is 7.00. The summed E-state index contributed by atoms with van der Waals surface area (Å²) < 4.78 is 3.43. The molecule has 33 heavy (non-hydrogen) atoms. The van der Waals surface area contributed by atoms with E-state index in [1.54, 1.807) is 13.0 Å². The largest absolute Gasteiger partial charge is 0.383 e. The Bertz CT molecular complexity index is 1320. The topological polar surface area (TPSA) is 132 Å². The van der Waals surface area contributed by atoms with Gasteiger partial charge in [0.2, 0.25) is 0 Å². The van der Waals surface area contributed by atoms with Gasteiger partial charge in [0.05, 0.1) is 5.56 Å². The number of imidazole rings is 1. The minimum absolute atomic E-state index is 0.00459. The maximum atomic E-state index is 13.8. The van der Waals surface area contributed by atoms with Crippen molar-refractivity contribution >= 4 is 28.6 Å². The molecule has 0 unspecified atom stereocenters. The number of aryl methyl sites for hydroxylation is 3. The molecule has 1 amide bonds. The molecule has 0 spiro atoms. The smallest absolute Gasteiger partial charge is 0.330 e. The van der Waals surface area contributed by atoms with Gasteiger partial charge >= 0.3 is 5.69 Å². The summed E-state index contributed by atoms with van der Waals surface area (Å²) in [7, 11) is 0. The van der Waals surface area contributed by atoms with E-state index in [2.05, 4.69) is 14.5 Å². The Kier molecular flexibility index (Phi) is 6.35. The number of fused-ring (bicyclic) bond motifs is 3. The van der Waals surface area contributed by atoms with Crippen LogP contribution in [0.3, 0.4) is 0 Å². The molecule has 4 heterocycles. The first-order valence-electron chi connectivity index (χ1n) is 11.7. The number of H-pyrrole nitrogens is 1. The molecule has 10 heteroatoms. The number of hydrogen-bond acceptors (Lipinski definition) is 6. The molecule has 0 radical (unpaired) electrons. The van der Waals surface area contributed by atoms with Crippen LogP contribution in [0.2, 0.25) is 0 Å². The summed E-state index contributed by atoms with van der Waals surface area (Å²) in [5.41, 5.74) is 7.32. The minimum Gasteiger partial charge on any atom is -0.383 e. The normalized spacial score (nSPS) is 13.7. The number of anilines is 2. The lowest BCUT2D eigenvalue weighted by molar-refractivity contribution is 0.0989. The van der Waals surface area contributed by atoms with Gasteiger partial charge in [-0.25, -0.2) is 14.8 Å². The van der Waals surface area contributed by atoms with E-state index in [0.29, 0.717) is 29.0 Å². The molecule has 0 saturated carbocycles. The summed E-state index contributed by atoms with van der Waals surface area (Å²) in [5.74, 6) is 0.539. The van der Waals surface area contributed by atoms with Crippen LogP contribution in [-0.2, 0) is 19.5 Å². The van der Waals surface area contributed by atoms with Crippen LogP contribution in [0.25, 0.3) is 11.2 Å². The zero-order valence-corrected chi connectivity index (χ0v) is 19.5. The molecule has 3 aromatic rings. The quantitative estimate of drug-likeness (QED) is 0.589. The van der Waals surface area contributed by atoms with Gasteiger partial charge < -0.3 is 15.2 Å². The van der Waals surface area contributed by atoms with Crippen molar-refractivity contribution in [2.75, 3.05) is 17.2 Å². The summed E-state index contributed by atoms with van der Waals surface area (Å²) in [5, 5.41) is 0. The second-order valence-corrected chi connectivity index (χ2v) is 8.52. The molecule has 1 aliphatic heterocycles. The number of unbranched alkanes of at least 4 members (excludes halogenated alkanes) is 1. The van der Waals surface area contributed by atoms with Crippen LogP contribution < -0.4 is 21.9 Å². The predicted octanol–water partition coefficient (Wildman–Crippen LogP) is 2.37. The van der Waals surface area contributed by atoms with Crippen molar-refractivity contribution in [1.82, 2.24) is 24.1 Å². The first-order chi connectivity index (χ1) is 15.9. The van der Waals surface area contributed by atoms with Gasteiger partial charge in [-0.3, -0.25) is 19.1 Å². The molecule has 0 aromatic carbocycles. The second-order valence-electron chi connectivity index (χ2n) is 8.52. The third kappa shape index (κ3) is 4.05. The lowest BCUT2D eigenvalue weighted by Crippen LogP contribution is -2.41. The van der Waals surface area contributed by atoms with Crippen LogP contribution in [0.4, 0.5) is 11.5 Å². The molecule has 0 aliphatic carbocycles. The molecule has 3 N–H and O–H groups in total. The van der Waals surface area contributed by atoms with E-state index < -0.39 is 11.2 Å². The lowest BCUT2D eigenvalue weighted by atomic mass is 10.1. The van der Waals surface area contributed by atoms with Gasteiger partial charge in [-0.05, 0) is 39.2 Å². The number of carbonyl (C=O) groups excluding carboxylic acids is 1. The molecule has 4 rings (SSSR count). The van der Waals surface area contributed by atoms with Crippen molar-refractivity contribution in [2.24, 2.45) is 0 Å². The van der Waals surface area contributed by atoms with Gasteiger partial charge in [0.15, 0.2) is 11.3 Å². The molecule has 0 bridgehead atoms. The standard InChI is InChI=1S/C23H31N7O3/c1-4-6-11-30-19(24)18(21(31)27-23(30)33)28(5-2)22(32)15-13-14(3)25-20-17(15)26-16-10-8-7-9-12-29(16)20/h13H,4-12,24H2,1-3H3,(H,27,31,33). The van der Waals surface area contributed by atoms with Crippen molar-refractivity contribution in [3.63, 3.8) is 0 Å². The number of nitrogen functional groups attached to an aromatic ring is 1. The monoisotopic (exact) mass is 453 g/mol. The van der Waals surface area contributed by atoms with E-state index in [9.17, 15) is 14.4 Å². The molecule has 3 aromatic heterocycles. The number of nitrogens with two attached hydrogens (primary N) is 1. The highest BCUT2D eigenvalue weighted by Crippen LogP contribution is 2.27. The fourth-order valence-corrected chi connectivity index (χ4v) is 4.50. The van der Waals surface area contributed by atoms with E-state index in [1.165, 1.54) is 9.47 Å². The second kappa shape index (κ2) is 9.21. The predicted molar refractivity (Wildman–Crippen MR) is 128 cm³/mol. The number of hydrogen-bond donors (Lipinski definition) is 2. The van der Waals surface area contributed by atoms with Crippen LogP contribution in [0, 0.1) is 6.92 Å². The van der Waals surface area contributed by atoms with Crippen molar-refractivity contribution in [3.05, 3.63) is 44.0 Å². The molecule has 176 valence electrons. The first kappa shape index (κ1) is 22.8. The molecular weight excluding hydrogens is 422 g/mol. The highest BCUT2D eigenvalue weighted by atomic mass is 16.2. The van der Waals surface area contributed by atoms with Gasteiger partial charge in [0.25, 0.3) is 11.5 Å². The zero-order valence-electron chi connectivity index (χ0n) is 19.5. The van der Waals surface area contributed by atoms with Gasteiger partial charge in [-0.15, -0.1) is 0 Å². The summed E-state index contributed by atoms with van der Waals surface area (Å²) in [4.78, 5) is 52.0. The number of carbonyl (C=O) groups is 1. The number of nitrogens with one attached hydrogen (secondary N) is 1. The Morgan fingerprint density at radius 1 is 1.21 bits per heavy atom. The van der Waals surface area contributed by atoms with E-state index >= 15 is 0 Å². The minimum atomic E-state index is -0.678. The van der Waals surface area contributed by atoms with Gasteiger partial charge in [-0.2, -0.15) is 0 Å². The number of aromatic amines is 1. The number of nitrogens with zero attached hydrogens (tertiary/aromatic N) is 5. The molecule has 0 saturated heterocycles. The number of amides is 1.